The van der Waals surface area contributed by atoms with Crippen molar-refractivity contribution in [3.63, 3.8) is 0 Å². The highest BCUT2D eigenvalue weighted by atomic mass is 32.2. The van der Waals surface area contributed by atoms with Crippen LogP contribution in [0.25, 0.3) is 33.0 Å². The van der Waals surface area contributed by atoms with Crippen molar-refractivity contribution in [2.45, 2.75) is 9.79 Å². The van der Waals surface area contributed by atoms with Gasteiger partial charge in [-0.3, -0.25) is 0 Å². The van der Waals surface area contributed by atoms with Gasteiger partial charge in [-0.15, -0.1) is 0 Å². The second-order valence-corrected chi connectivity index (χ2v) is 8.31. The van der Waals surface area contributed by atoms with Crippen LogP contribution in [0.4, 0.5) is 11.4 Å². The molecule has 0 saturated heterocycles. The lowest BCUT2D eigenvalue weighted by Crippen LogP contribution is -2.14. The third kappa shape index (κ3) is 5.08. The SMILES string of the molecule is [N-]=[N+]=Nc1ccc(C=Cc2ccc(N=[N+]=[N-])cc2S(N)(=O)=O)c(S(N)(=O)=O)c1. The molecule has 0 aliphatic heterocycles. The molecule has 0 unspecified atom stereocenters. The van der Waals surface area contributed by atoms with Gasteiger partial charge in [-0.05, 0) is 34.3 Å². The van der Waals surface area contributed by atoms with Crippen molar-refractivity contribution < 1.29 is 16.8 Å². The number of sulfonamides is 2. The number of benzene rings is 2. The van der Waals surface area contributed by atoms with Gasteiger partial charge >= 0.3 is 0 Å². The number of primary sulfonamides is 2. The number of nitrogens with two attached hydrogens (primary N) is 2. The fourth-order valence-electron chi connectivity index (χ4n) is 2.22. The predicted octanol–water partition coefficient (Wildman–Crippen LogP) is 3.04. The van der Waals surface area contributed by atoms with Gasteiger partial charge in [-0.1, -0.05) is 46.6 Å². The summed E-state index contributed by atoms with van der Waals surface area (Å²) < 4.78 is 47.2. The molecule has 0 atom stereocenters. The van der Waals surface area contributed by atoms with Crippen LogP contribution in [0, 0.1) is 0 Å². The van der Waals surface area contributed by atoms with E-state index in [0.717, 1.165) is 12.1 Å². The molecule has 0 heterocycles. The van der Waals surface area contributed by atoms with Crippen LogP contribution < -0.4 is 10.3 Å². The molecule has 12 nitrogen and oxygen atoms in total. The zero-order valence-electron chi connectivity index (χ0n) is 13.9. The quantitative estimate of drug-likeness (QED) is 0.311. The van der Waals surface area contributed by atoms with Gasteiger partial charge in [0.05, 0.1) is 9.79 Å². The van der Waals surface area contributed by atoms with Gasteiger partial charge in [0, 0.05) is 21.2 Å². The highest BCUT2D eigenvalue weighted by Gasteiger charge is 2.15. The molecular weight excluding hydrogens is 408 g/mol. The third-order valence-electron chi connectivity index (χ3n) is 3.37. The minimum atomic E-state index is -4.16. The molecule has 2 rings (SSSR count). The summed E-state index contributed by atoms with van der Waals surface area (Å²) in [6.45, 7) is 0. The van der Waals surface area contributed by atoms with Gasteiger partial charge in [0.25, 0.3) is 0 Å². The predicted molar refractivity (Wildman–Crippen MR) is 102 cm³/mol. The molecule has 0 spiro atoms. The van der Waals surface area contributed by atoms with Gasteiger partial charge in [0.15, 0.2) is 0 Å². The highest BCUT2D eigenvalue weighted by Crippen LogP contribution is 2.27. The Balaban J connectivity index is 2.63. The minimum Gasteiger partial charge on any atom is -0.225 e. The molecular formula is C14H12N8O4S2. The molecule has 0 saturated carbocycles. The second-order valence-electron chi connectivity index (χ2n) is 5.25. The van der Waals surface area contributed by atoms with E-state index in [1.807, 2.05) is 0 Å². The number of rotatable bonds is 6. The molecule has 4 N–H and O–H groups in total. The Labute approximate surface area is 159 Å². The number of hydrogen-bond donors (Lipinski definition) is 2. The summed E-state index contributed by atoms with van der Waals surface area (Å²) >= 11 is 0. The van der Waals surface area contributed by atoms with Crippen molar-refractivity contribution in [2.24, 2.45) is 20.5 Å². The van der Waals surface area contributed by atoms with Gasteiger partial charge in [0.2, 0.25) is 20.0 Å². The smallest absolute Gasteiger partial charge is 0.225 e. The topological polar surface area (TPSA) is 218 Å². The van der Waals surface area contributed by atoms with E-state index in [4.69, 9.17) is 21.3 Å². The van der Waals surface area contributed by atoms with Crippen molar-refractivity contribution in [1.82, 2.24) is 0 Å². The maximum absolute atomic E-state index is 11.8. The van der Waals surface area contributed by atoms with Crippen molar-refractivity contribution in [3.05, 3.63) is 68.4 Å². The van der Waals surface area contributed by atoms with E-state index in [-0.39, 0.29) is 32.3 Å². The average molecular weight is 420 g/mol. The summed E-state index contributed by atoms with van der Waals surface area (Å²) in [6.07, 6.45) is 2.60. The molecule has 0 radical (unpaired) electrons. The second kappa shape index (κ2) is 8.10. The standard InChI is InChI=1S/C14H12N8O4S2/c15-21-19-11-5-3-9(13(7-11)27(17,23)24)1-2-10-4-6-12(20-22-16)8-14(10)28(18,25)26/h1-8H,(H2,17,23,24)(H2,18,25,26). The van der Waals surface area contributed by atoms with Crippen LogP contribution in [0.3, 0.4) is 0 Å². The Morgan fingerprint density at radius 2 is 1.11 bits per heavy atom. The van der Waals surface area contributed by atoms with Gasteiger partial charge in [-0.25, -0.2) is 27.1 Å². The Bertz CT molecular complexity index is 1170. The molecule has 2 aromatic rings. The van der Waals surface area contributed by atoms with Crippen LogP contribution in [0.5, 0.6) is 0 Å². The zero-order chi connectivity index (χ0) is 20.9. The fourth-order valence-corrected chi connectivity index (χ4v) is 3.72. The van der Waals surface area contributed by atoms with Crippen molar-refractivity contribution >= 4 is 43.6 Å². The Kier molecular flexibility index (Phi) is 6.06. The average Bonchev–Trinajstić information content (AvgIpc) is 2.60. The van der Waals surface area contributed by atoms with E-state index < -0.39 is 20.0 Å². The van der Waals surface area contributed by atoms with Crippen LogP contribution in [0.2, 0.25) is 0 Å². The van der Waals surface area contributed by atoms with Crippen LogP contribution in [-0.2, 0) is 20.0 Å². The first kappa shape index (κ1) is 20.9. The van der Waals surface area contributed by atoms with E-state index in [0.29, 0.717) is 0 Å². The summed E-state index contributed by atoms with van der Waals surface area (Å²) in [5.74, 6) is 0. The first-order chi connectivity index (χ1) is 13.1. The van der Waals surface area contributed by atoms with E-state index in [1.54, 1.807) is 0 Å². The van der Waals surface area contributed by atoms with Crippen LogP contribution in [0.1, 0.15) is 11.1 Å². The lowest BCUT2D eigenvalue weighted by molar-refractivity contribution is 0.595. The number of hydrogen-bond acceptors (Lipinski definition) is 6. The van der Waals surface area contributed by atoms with E-state index in [2.05, 4.69) is 20.1 Å². The summed E-state index contributed by atoms with van der Waals surface area (Å²) in [7, 11) is -8.33. The molecule has 14 heteroatoms. The van der Waals surface area contributed by atoms with E-state index in [9.17, 15) is 16.8 Å². The van der Waals surface area contributed by atoms with E-state index >= 15 is 0 Å². The molecule has 0 aliphatic carbocycles. The minimum absolute atomic E-state index is 0.0348. The van der Waals surface area contributed by atoms with Crippen LogP contribution >= 0.6 is 0 Å². The monoisotopic (exact) mass is 420 g/mol. The summed E-state index contributed by atoms with van der Waals surface area (Å²) in [5.41, 5.74) is 17.3. The van der Waals surface area contributed by atoms with Crippen molar-refractivity contribution in [3.8, 4) is 0 Å². The lowest BCUT2D eigenvalue weighted by Gasteiger charge is -2.07. The maximum Gasteiger partial charge on any atom is 0.238 e. The molecule has 0 fully saturated rings. The van der Waals surface area contributed by atoms with Crippen molar-refractivity contribution in [1.29, 1.82) is 0 Å². The molecule has 28 heavy (non-hydrogen) atoms. The Hall–Kier alpha value is -3.38. The normalized spacial score (nSPS) is 11.6. The summed E-state index contributed by atoms with van der Waals surface area (Å²) in [4.78, 5) is 4.50. The van der Waals surface area contributed by atoms with Gasteiger partial charge in [0.1, 0.15) is 0 Å². The van der Waals surface area contributed by atoms with Crippen LogP contribution in [-0.4, -0.2) is 16.8 Å². The highest BCUT2D eigenvalue weighted by molar-refractivity contribution is 7.89. The molecule has 0 amide bonds. The van der Waals surface area contributed by atoms with Gasteiger partial charge in [-0.2, -0.15) is 0 Å². The molecule has 0 aromatic heterocycles. The molecule has 0 bridgehead atoms. The summed E-state index contributed by atoms with van der Waals surface area (Å²) in [6, 6.07) is 7.56. The molecule has 0 aliphatic rings. The Morgan fingerprint density at radius 3 is 1.39 bits per heavy atom. The molecule has 144 valence electrons. The fraction of sp³-hybridized carbons (Fsp3) is 0. The lowest BCUT2D eigenvalue weighted by atomic mass is 10.1. The van der Waals surface area contributed by atoms with Crippen LogP contribution in [0.15, 0.2) is 56.4 Å². The first-order valence-corrected chi connectivity index (χ1v) is 10.3. The van der Waals surface area contributed by atoms with E-state index in [1.165, 1.54) is 36.4 Å². The maximum atomic E-state index is 11.8. The Morgan fingerprint density at radius 1 is 0.750 bits per heavy atom. The summed E-state index contributed by atoms with van der Waals surface area (Å²) in [5, 5.41) is 17.0. The number of nitrogens with zero attached hydrogens (tertiary/aromatic N) is 6. The zero-order valence-corrected chi connectivity index (χ0v) is 15.5. The van der Waals surface area contributed by atoms with Crippen molar-refractivity contribution in [2.75, 3.05) is 0 Å². The third-order valence-corrected chi connectivity index (χ3v) is 5.30. The first-order valence-electron chi connectivity index (χ1n) is 7.18. The van der Waals surface area contributed by atoms with Gasteiger partial charge < -0.3 is 0 Å². The number of azide groups is 2. The molecule has 2 aromatic carbocycles. The largest absolute Gasteiger partial charge is 0.238 e.